The highest BCUT2D eigenvalue weighted by molar-refractivity contribution is 7.42. The lowest BCUT2D eigenvalue weighted by molar-refractivity contribution is -0.209. The number of benzene rings is 2. The van der Waals surface area contributed by atoms with Gasteiger partial charge in [-0.15, -0.1) is 0 Å². The average molecular weight is 792 g/mol. The van der Waals surface area contributed by atoms with E-state index in [1.165, 1.54) is 0 Å². The molecule has 2 saturated carbocycles. The number of rotatable bonds is 20. The topological polar surface area (TPSA) is 153 Å². The van der Waals surface area contributed by atoms with E-state index in [1.807, 2.05) is 74.5 Å². The Bertz CT molecular complexity index is 1270. The molecule has 314 valence electrons. The van der Waals surface area contributed by atoms with Gasteiger partial charge in [0.2, 0.25) is 0 Å². The Balaban J connectivity index is 0.000000394. The molecule has 6 unspecified atom stereocenters. The zero-order chi connectivity index (χ0) is 40.6. The molecule has 2 aromatic carbocycles. The molecule has 11 heteroatoms. The van der Waals surface area contributed by atoms with Crippen LogP contribution in [0.1, 0.15) is 120 Å². The Hall–Kier alpha value is -1.85. The van der Waals surface area contributed by atoms with Gasteiger partial charge in [0, 0.05) is 6.42 Å². The largest absolute Gasteiger partial charge is 0.481 e. The molecule has 0 aromatic heterocycles. The molecule has 12 atom stereocenters. The molecule has 0 heterocycles. The van der Waals surface area contributed by atoms with E-state index in [1.54, 1.807) is 6.92 Å². The van der Waals surface area contributed by atoms with Crippen molar-refractivity contribution >= 4 is 8.60 Å². The molecule has 55 heavy (non-hydrogen) atoms. The third kappa shape index (κ3) is 15.4. The molecule has 0 amide bonds. The van der Waals surface area contributed by atoms with Gasteiger partial charge in [-0.2, -0.15) is 0 Å². The monoisotopic (exact) mass is 792 g/mol. The maximum Gasteiger partial charge on any atom is 0.481 e. The Morgan fingerprint density at radius 1 is 0.836 bits per heavy atom. The number of hydrogen-bond acceptors (Lipinski definition) is 10. The summed E-state index contributed by atoms with van der Waals surface area (Å²) in [4.78, 5) is 0. The zero-order valence-corrected chi connectivity index (χ0v) is 35.8. The Morgan fingerprint density at radius 2 is 1.40 bits per heavy atom. The number of aliphatic hydroxyl groups is 4. The summed E-state index contributed by atoms with van der Waals surface area (Å²) in [6.45, 7) is 17.2. The lowest BCUT2D eigenvalue weighted by Crippen LogP contribution is -2.54. The predicted octanol–water partition coefficient (Wildman–Crippen LogP) is 9.19. The van der Waals surface area contributed by atoms with Crippen LogP contribution >= 0.6 is 8.60 Å². The number of para-hydroxylation sites is 2. The van der Waals surface area contributed by atoms with Crippen molar-refractivity contribution in [2.24, 2.45) is 47.3 Å². The third-order valence-electron chi connectivity index (χ3n) is 12.0. The molecular weight excluding hydrogens is 717 g/mol. The molecule has 0 radical (unpaired) electrons. The summed E-state index contributed by atoms with van der Waals surface area (Å²) in [5.74, 6) is 6.27. The molecular formula is C44H74NO9P. The van der Waals surface area contributed by atoms with Gasteiger partial charge in [-0.05, 0) is 112 Å². The zero-order valence-electron chi connectivity index (χ0n) is 34.9. The highest BCUT2D eigenvalue weighted by Crippen LogP contribution is 2.45. The molecule has 10 nitrogen and oxygen atoms in total. The number of ether oxygens (including phenoxy) is 2. The van der Waals surface area contributed by atoms with E-state index in [0.29, 0.717) is 42.8 Å². The molecule has 2 aromatic rings. The van der Waals surface area contributed by atoms with Gasteiger partial charge in [-0.3, -0.25) is 0 Å². The summed E-state index contributed by atoms with van der Waals surface area (Å²) >= 11 is 0. The summed E-state index contributed by atoms with van der Waals surface area (Å²) in [6.07, 6.45) is 7.33. The van der Waals surface area contributed by atoms with Crippen molar-refractivity contribution < 1.29 is 43.6 Å². The minimum absolute atomic E-state index is 0.0960. The fourth-order valence-corrected chi connectivity index (χ4v) is 9.53. The molecule has 0 saturated heterocycles. The minimum Gasteiger partial charge on any atom is -0.417 e. The first kappa shape index (κ1) is 47.5. The smallest absolute Gasteiger partial charge is 0.417 e. The maximum atomic E-state index is 11.8. The van der Waals surface area contributed by atoms with Gasteiger partial charge < -0.3 is 38.9 Å². The molecule has 4 rings (SSSR count). The van der Waals surface area contributed by atoms with Gasteiger partial charge in [0.05, 0.1) is 37.1 Å². The fourth-order valence-electron chi connectivity index (χ4n) is 8.82. The van der Waals surface area contributed by atoms with E-state index in [9.17, 15) is 20.4 Å². The van der Waals surface area contributed by atoms with E-state index in [4.69, 9.17) is 24.4 Å². The lowest BCUT2D eigenvalue weighted by atomic mass is 9.63. The van der Waals surface area contributed by atoms with Crippen molar-refractivity contribution in [3.05, 3.63) is 60.7 Å². The van der Waals surface area contributed by atoms with Crippen molar-refractivity contribution in [1.29, 1.82) is 0 Å². The van der Waals surface area contributed by atoms with E-state index >= 15 is 0 Å². The first-order valence-electron chi connectivity index (χ1n) is 20.8. The number of hydrogen-bond donors (Lipinski definition) is 5. The van der Waals surface area contributed by atoms with Crippen molar-refractivity contribution in [3.63, 3.8) is 0 Å². The molecule has 0 bridgehead atoms. The Labute approximate surface area is 333 Å². The quantitative estimate of drug-likeness (QED) is 0.0499. The molecule has 6 N–H and O–H groups in total. The van der Waals surface area contributed by atoms with Crippen molar-refractivity contribution in [2.45, 2.75) is 149 Å². The second-order valence-electron chi connectivity index (χ2n) is 16.9. The van der Waals surface area contributed by atoms with Crippen LogP contribution in [0.5, 0.6) is 11.5 Å². The van der Waals surface area contributed by atoms with Gasteiger partial charge in [-0.1, -0.05) is 104 Å². The third-order valence-corrected chi connectivity index (χ3v) is 12.9. The molecule has 0 aliphatic heterocycles. The first-order valence-corrected chi connectivity index (χ1v) is 21.9. The molecule has 2 aliphatic rings. The number of nitrogens with two attached hydrogens (primary N) is 1. The van der Waals surface area contributed by atoms with Crippen LogP contribution in [0.2, 0.25) is 0 Å². The summed E-state index contributed by atoms with van der Waals surface area (Å²) in [5, 5.41) is 45.4. The van der Waals surface area contributed by atoms with Crippen LogP contribution in [0.25, 0.3) is 0 Å². The average Bonchev–Trinajstić information content (AvgIpc) is 3.16. The van der Waals surface area contributed by atoms with Gasteiger partial charge in [0.15, 0.2) is 5.79 Å². The summed E-state index contributed by atoms with van der Waals surface area (Å²) < 4.78 is 27.7. The highest BCUT2D eigenvalue weighted by Gasteiger charge is 2.48. The van der Waals surface area contributed by atoms with Gasteiger partial charge >= 0.3 is 8.60 Å². The fraction of sp³-hybridized carbons (Fsp3) is 0.727. The molecule has 2 aliphatic carbocycles. The highest BCUT2D eigenvalue weighted by atomic mass is 31.2. The standard InChI is InChI=1S/C32H62O6.C12H12NO3P/c1-9-11-23(5)37-20-32(36)18-22(4)13-15-28(32)25(7)30(34)29(33)24(6)27-14-12-21(3)17-26(27)19-38-31(8,35)16-10-2;13-16-17(14-11-7-3-1-4-8-11)15-12-9-5-2-6-10-12/h21-30,33-36H,9-20H2,1-8H3;1-10H,13H2/t21-,22-,23?,24?,25?,26?,27+,28+,29?,30?,31+,32+;/m1./s1. The van der Waals surface area contributed by atoms with Crippen molar-refractivity contribution in [1.82, 2.24) is 0 Å². The van der Waals surface area contributed by atoms with Crippen LogP contribution < -0.4 is 14.9 Å². The van der Waals surface area contributed by atoms with E-state index in [-0.39, 0.29) is 42.3 Å². The van der Waals surface area contributed by atoms with Crippen LogP contribution in [-0.4, -0.2) is 63.3 Å². The van der Waals surface area contributed by atoms with Crippen LogP contribution in [-0.2, 0) is 14.1 Å². The second kappa shape index (κ2) is 23.5. The molecule has 0 spiro atoms. The second-order valence-corrected chi connectivity index (χ2v) is 17.9. The normalized spacial score (nSPS) is 28.1. The minimum atomic E-state index is -1.63. The van der Waals surface area contributed by atoms with Crippen LogP contribution in [0.4, 0.5) is 0 Å². The van der Waals surface area contributed by atoms with Gasteiger partial charge in [-0.25, -0.2) is 10.5 Å². The maximum absolute atomic E-state index is 11.8. The summed E-state index contributed by atoms with van der Waals surface area (Å²) in [7, 11) is -1.63. The van der Waals surface area contributed by atoms with Gasteiger partial charge in [0.1, 0.15) is 11.5 Å². The Kier molecular flexibility index (Phi) is 20.3. The molecule has 2 fully saturated rings. The summed E-state index contributed by atoms with van der Waals surface area (Å²) in [5.41, 5.74) is -0.996. The van der Waals surface area contributed by atoms with E-state index in [2.05, 4.69) is 39.2 Å². The van der Waals surface area contributed by atoms with Crippen LogP contribution in [0.3, 0.4) is 0 Å². The predicted molar refractivity (Wildman–Crippen MR) is 220 cm³/mol. The van der Waals surface area contributed by atoms with Gasteiger partial charge in [0.25, 0.3) is 0 Å². The van der Waals surface area contributed by atoms with E-state index < -0.39 is 32.2 Å². The summed E-state index contributed by atoms with van der Waals surface area (Å²) in [6, 6.07) is 18.5. The van der Waals surface area contributed by atoms with E-state index in [0.717, 1.165) is 51.4 Å². The lowest BCUT2D eigenvalue weighted by Gasteiger charge is -2.48. The van der Waals surface area contributed by atoms with Crippen molar-refractivity contribution in [2.75, 3.05) is 13.2 Å². The van der Waals surface area contributed by atoms with Crippen molar-refractivity contribution in [3.8, 4) is 11.5 Å². The van der Waals surface area contributed by atoms with Crippen LogP contribution in [0.15, 0.2) is 60.7 Å². The SMILES string of the molecule is CCCC(C)OC[C@@]1(O)C[C@H](C)CC[C@H]1C(C)C(O)C(O)C(C)[C@@H]1CC[C@@H](C)CC1CO[C@](C)(O)CCC.NOP(Oc1ccccc1)Oc1ccccc1. The van der Waals surface area contributed by atoms with Crippen LogP contribution in [0, 0.1) is 41.4 Å². The number of aliphatic hydroxyl groups excluding tert-OH is 2. The first-order chi connectivity index (χ1) is 26.1. The Morgan fingerprint density at radius 3 is 1.95 bits per heavy atom.